The maximum Gasteiger partial charge on any atom is 0.108 e. The monoisotopic (exact) mass is 481 g/mol. The van der Waals surface area contributed by atoms with Gasteiger partial charge < -0.3 is 16.5 Å². The molecule has 7 heteroatoms. The number of pyridine rings is 1. The third-order valence-corrected chi connectivity index (χ3v) is 5.74. The topological polar surface area (TPSA) is 111 Å². The number of para-hydroxylation sites is 1. The molecule has 0 radical (unpaired) electrons. The fourth-order valence-electron chi connectivity index (χ4n) is 3.84. The molecule has 0 amide bonds. The summed E-state index contributed by atoms with van der Waals surface area (Å²) < 4.78 is 0. The average molecular weight is 482 g/mol. The highest BCUT2D eigenvalue weighted by atomic mass is 15.1. The number of fused-ring (bicyclic) bond motifs is 1. The molecular weight excluding hydrogens is 458 g/mol. The maximum atomic E-state index is 9.24. The molecular formula is C30H23N7. The molecule has 0 atom stereocenters. The van der Waals surface area contributed by atoms with Crippen LogP contribution in [-0.4, -0.2) is 16.9 Å². The summed E-state index contributed by atoms with van der Waals surface area (Å²) in [5.41, 5.74) is 7.35. The molecule has 0 unspecified atom stereocenters. The third kappa shape index (κ3) is 5.61. The summed E-state index contributed by atoms with van der Waals surface area (Å²) in [5.74, 6) is 5.67. The second-order valence-corrected chi connectivity index (χ2v) is 8.22. The molecule has 0 aliphatic carbocycles. The first-order chi connectivity index (χ1) is 18.2. The van der Waals surface area contributed by atoms with Crippen LogP contribution in [0.1, 0.15) is 11.1 Å². The van der Waals surface area contributed by atoms with E-state index in [-0.39, 0.29) is 0 Å². The molecule has 1 aromatic heterocycles. The number of nitriles is 1. The van der Waals surface area contributed by atoms with Crippen molar-refractivity contribution >= 4 is 51.3 Å². The van der Waals surface area contributed by atoms with Crippen molar-refractivity contribution < 1.29 is 0 Å². The van der Waals surface area contributed by atoms with Crippen molar-refractivity contribution in [3.05, 3.63) is 120 Å². The van der Waals surface area contributed by atoms with Crippen LogP contribution in [0.4, 0.5) is 28.4 Å². The van der Waals surface area contributed by atoms with E-state index in [1.165, 1.54) is 0 Å². The lowest BCUT2D eigenvalue weighted by atomic mass is 10.1. The first-order valence-corrected chi connectivity index (χ1v) is 11.6. The zero-order chi connectivity index (χ0) is 25.5. The van der Waals surface area contributed by atoms with Gasteiger partial charge in [0.15, 0.2) is 0 Å². The molecule has 0 saturated heterocycles. The number of rotatable bonds is 7. The van der Waals surface area contributed by atoms with Crippen LogP contribution >= 0.6 is 0 Å². The van der Waals surface area contributed by atoms with E-state index in [0.717, 1.165) is 44.9 Å². The molecule has 0 aliphatic rings. The van der Waals surface area contributed by atoms with Gasteiger partial charge in [-0.05, 0) is 72.8 Å². The van der Waals surface area contributed by atoms with Crippen LogP contribution in [0.2, 0.25) is 0 Å². The number of hydrogen-bond donors (Lipinski definition) is 3. The molecule has 37 heavy (non-hydrogen) atoms. The highest BCUT2D eigenvalue weighted by molar-refractivity contribution is 6.38. The molecule has 4 aromatic carbocycles. The predicted octanol–water partition coefficient (Wildman–Crippen LogP) is 6.66. The van der Waals surface area contributed by atoms with Crippen molar-refractivity contribution in [2.45, 2.75) is 0 Å². The summed E-state index contributed by atoms with van der Waals surface area (Å²) in [6.45, 7) is 0. The normalized spacial score (nSPS) is 11.4. The molecule has 1 heterocycles. The maximum absolute atomic E-state index is 9.24. The van der Waals surface area contributed by atoms with Gasteiger partial charge in [-0.3, -0.25) is 9.98 Å². The second kappa shape index (κ2) is 10.8. The Morgan fingerprint density at radius 3 is 2.24 bits per heavy atom. The Kier molecular flexibility index (Phi) is 6.82. The number of hydrogen-bond acceptors (Lipinski definition) is 7. The summed E-state index contributed by atoms with van der Waals surface area (Å²) in [5, 5.41) is 20.8. The van der Waals surface area contributed by atoms with Gasteiger partial charge in [0.1, 0.15) is 5.71 Å². The van der Waals surface area contributed by atoms with Gasteiger partial charge in [-0.25, -0.2) is 0 Å². The van der Waals surface area contributed by atoms with Gasteiger partial charge in [0.05, 0.1) is 29.1 Å². The standard InChI is InChI=1S/C30H23N7/c31-19-21-6-15-28-27(18-21)29(16-17-33-28)36-26-9-7-22(8-10-26)30(37-32)20-34-23-11-13-25(14-12-23)35-24-4-2-1-3-5-24/h1-18,20,35H,32H2,(H,33,36)/b34-20?,37-30+. The van der Waals surface area contributed by atoms with Gasteiger partial charge in [0.25, 0.3) is 0 Å². The van der Waals surface area contributed by atoms with Crippen LogP contribution in [0.25, 0.3) is 10.9 Å². The molecule has 178 valence electrons. The van der Waals surface area contributed by atoms with Crippen molar-refractivity contribution in [2.24, 2.45) is 15.9 Å². The molecule has 4 N–H and O–H groups in total. The van der Waals surface area contributed by atoms with Crippen LogP contribution in [0.3, 0.4) is 0 Å². The van der Waals surface area contributed by atoms with Gasteiger partial charge in [-0.1, -0.05) is 30.3 Å². The molecule has 0 saturated carbocycles. The lowest BCUT2D eigenvalue weighted by molar-refractivity contribution is 1.25. The van der Waals surface area contributed by atoms with Gasteiger partial charge >= 0.3 is 0 Å². The zero-order valence-electron chi connectivity index (χ0n) is 19.8. The number of nitrogens with two attached hydrogens (primary N) is 1. The number of hydrazone groups is 1. The van der Waals surface area contributed by atoms with E-state index in [2.05, 4.69) is 31.8 Å². The lowest BCUT2D eigenvalue weighted by Crippen LogP contribution is -2.06. The fourth-order valence-corrected chi connectivity index (χ4v) is 3.84. The molecule has 7 nitrogen and oxygen atoms in total. The number of aliphatic imine (C=N–C) groups is 1. The number of aromatic nitrogens is 1. The Morgan fingerprint density at radius 2 is 1.51 bits per heavy atom. The first kappa shape index (κ1) is 23.3. The van der Waals surface area contributed by atoms with E-state index in [1.54, 1.807) is 18.5 Å². The summed E-state index contributed by atoms with van der Waals surface area (Å²) in [6.07, 6.45) is 3.40. The average Bonchev–Trinajstić information content (AvgIpc) is 2.95. The Labute approximate surface area is 214 Å². The molecule has 5 rings (SSSR count). The van der Waals surface area contributed by atoms with Crippen LogP contribution in [-0.2, 0) is 0 Å². The second-order valence-electron chi connectivity index (χ2n) is 8.22. The van der Waals surface area contributed by atoms with Crippen molar-refractivity contribution in [1.29, 1.82) is 5.26 Å². The molecule has 0 spiro atoms. The number of nitrogens with zero attached hydrogens (tertiary/aromatic N) is 4. The first-order valence-electron chi connectivity index (χ1n) is 11.6. The van der Waals surface area contributed by atoms with Crippen LogP contribution in [0, 0.1) is 11.3 Å². The Morgan fingerprint density at radius 1 is 0.811 bits per heavy atom. The van der Waals surface area contributed by atoms with E-state index in [1.807, 2.05) is 97.1 Å². The molecule has 0 aliphatic heterocycles. The van der Waals surface area contributed by atoms with E-state index in [0.29, 0.717) is 11.3 Å². The largest absolute Gasteiger partial charge is 0.356 e. The summed E-state index contributed by atoms with van der Waals surface area (Å²) in [6, 6.07) is 35.0. The SMILES string of the molecule is N#Cc1ccc2nccc(Nc3ccc(/C(C=Nc4ccc(Nc5ccccc5)cc4)=N/N)cc3)c2c1. The van der Waals surface area contributed by atoms with E-state index in [4.69, 9.17) is 5.84 Å². The highest BCUT2D eigenvalue weighted by Gasteiger charge is 2.06. The van der Waals surface area contributed by atoms with Crippen molar-refractivity contribution in [3.8, 4) is 6.07 Å². The molecule has 0 fully saturated rings. The summed E-state index contributed by atoms with van der Waals surface area (Å²) in [7, 11) is 0. The van der Waals surface area contributed by atoms with Crippen LogP contribution < -0.4 is 16.5 Å². The molecule has 0 bridgehead atoms. The zero-order valence-corrected chi connectivity index (χ0v) is 19.8. The number of anilines is 4. The Bertz CT molecular complexity index is 1620. The van der Waals surface area contributed by atoms with Gasteiger partial charge in [-0.15, -0.1) is 0 Å². The number of benzene rings is 4. The van der Waals surface area contributed by atoms with Gasteiger partial charge in [0, 0.05) is 39.9 Å². The minimum absolute atomic E-state index is 0.561. The minimum Gasteiger partial charge on any atom is -0.356 e. The predicted molar refractivity (Wildman–Crippen MR) is 151 cm³/mol. The fraction of sp³-hybridized carbons (Fsp3) is 0. The third-order valence-electron chi connectivity index (χ3n) is 5.74. The quantitative estimate of drug-likeness (QED) is 0.137. The van der Waals surface area contributed by atoms with Crippen molar-refractivity contribution in [3.63, 3.8) is 0 Å². The van der Waals surface area contributed by atoms with E-state index >= 15 is 0 Å². The minimum atomic E-state index is 0.561. The number of nitrogens with one attached hydrogen (secondary N) is 2. The lowest BCUT2D eigenvalue weighted by Gasteiger charge is -2.10. The summed E-state index contributed by atoms with van der Waals surface area (Å²) >= 11 is 0. The van der Waals surface area contributed by atoms with E-state index in [9.17, 15) is 5.26 Å². The van der Waals surface area contributed by atoms with Crippen LogP contribution in [0.5, 0.6) is 0 Å². The van der Waals surface area contributed by atoms with Crippen LogP contribution in [0.15, 0.2) is 119 Å². The van der Waals surface area contributed by atoms with Gasteiger partial charge in [-0.2, -0.15) is 10.4 Å². The Hall–Kier alpha value is -5.48. The Balaban J connectivity index is 1.27. The van der Waals surface area contributed by atoms with Crippen molar-refractivity contribution in [2.75, 3.05) is 10.6 Å². The highest BCUT2D eigenvalue weighted by Crippen LogP contribution is 2.26. The molecule has 5 aromatic rings. The summed E-state index contributed by atoms with van der Waals surface area (Å²) in [4.78, 5) is 8.91. The van der Waals surface area contributed by atoms with Crippen molar-refractivity contribution in [1.82, 2.24) is 4.98 Å². The van der Waals surface area contributed by atoms with Gasteiger partial charge in [0.2, 0.25) is 0 Å². The smallest absolute Gasteiger partial charge is 0.108 e. The van der Waals surface area contributed by atoms with E-state index < -0.39 is 0 Å².